The third-order valence-electron chi connectivity index (χ3n) is 2.36. The fraction of sp³-hybridized carbons (Fsp3) is 0.0833. The van der Waals surface area contributed by atoms with Gasteiger partial charge in [0.15, 0.2) is 0 Å². The number of halogens is 3. The second-order valence-electron chi connectivity index (χ2n) is 3.45. The van der Waals surface area contributed by atoms with Gasteiger partial charge in [0.05, 0.1) is 16.7 Å². The van der Waals surface area contributed by atoms with Crippen LogP contribution < -0.4 is 0 Å². The molecule has 1 aromatic carbocycles. The molecule has 0 fully saturated rings. The van der Waals surface area contributed by atoms with Crippen LogP contribution in [0.1, 0.15) is 5.56 Å². The quantitative estimate of drug-likeness (QED) is 0.840. The molecule has 0 saturated carbocycles. The lowest BCUT2D eigenvalue weighted by Crippen LogP contribution is -1.91. The minimum absolute atomic E-state index is 0.113. The highest BCUT2D eigenvalue weighted by Crippen LogP contribution is 2.30. The van der Waals surface area contributed by atoms with E-state index < -0.39 is 0 Å². The molecule has 0 spiro atoms. The Hall–Kier alpha value is -0.800. The Morgan fingerprint density at radius 2 is 1.82 bits per heavy atom. The topological polar surface area (TPSA) is 33.1 Å². The number of hydrogen-bond donors (Lipinski definition) is 1. The summed E-state index contributed by atoms with van der Waals surface area (Å²) in [6, 6.07) is 6.88. The van der Waals surface area contributed by atoms with Gasteiger partial charge in [0.2, 0.25) is 0 Å². The summed E-state index contributed by atoms with van der Waals surface area (Å²) in [5.41, 5.74) is 2.33. The molecule has 0 aliphatic rings. The molecule has 0 radical (unpaired) electrons. The summed E-state index contributed by atoms with van der Waals surface area (Å²) in [6.07, 6.45) is 1.60. The zero-order chi connectivity index (χ0) is 12.4. The zero-order valence-corrected chi connectivity index (χ0v) is 10.9. The number of aliphatic hydroxyl groups excluding tert-OH is 1. The minimum atomic E-state index is -0.113. The number of benzene rings is 1. The molecule has 1 aromatic heterocycles. The summed E-state index contributed by atoms with van der Waals surface area (Å²) in [4.78, 5) is 3.99. The van der Waals surface area contributed by atoms with Gasteiger partial charge >= 0.3 is 0 Å². The molecule has 2 rings (SSSR count). The van der Waals surface area contributed by atoms with Crippen molar-refractivity contribution >= 4 is 34.8 Å². The largest absolute Gasteiger partial charge is 0.392 e. The monoisotopic (exact) mass is 287 g/mol. The maximum absolute atomic E-state index is 9.28. The zero-order valence-electron chi connectivity index (χ0n) is 8.62. The summed E-state index contributed by atoms with van der Waals surface area (Å²) >= 11 is 17.6. The SMILES string of the molecule is OCc1cc(Cl)ncc1-c1ccc(Cl)c(Cl)c1. The number of pyridine rings is 1. The normalized spacial score (nSPS) is 10.6. The molecule has 0 aliphatic heterocycles. The lowest BCUT2D eigenvalue weighted by Gasteiger charge is -2.08. The van der Waals surface area contributed by atoms with Crippen LogP contribution in [0.15, 0.2) is 30.5 Å². The first-order valence-corrected chi connectivity index (χ1v) is 5.96. The first-order chi connectivity index (χ1) is 8.11. The second-order valence-corrected chi connectivity index (χ2v) is 4.65. The maximum atomic E-state index is 9.28. The highest BCUT2D eigenvalue weighted by molar-refractivity contribution is 6.42. The van der Waals surface area contributed by atoms with Gasteiger partial charge in [-0.15, -0.1) is 0 Å². The second kappa shape index (κ2) is 5.23. The van der Waals surface area contributed by atoms with Crippen molar-refractivity contribution in [3.8, 4) is 11.1 Å². The third kappa shape index (κ3) is 2.72. The first kappa shape index (κ1) is 12.7. The Bertz CT molecular complexity index is 557. The van der Waals surface area contributed by atoms with Crippen molar-refractivity contribution in [3.05, 3.63) is 51.2 Å². The molecule has 88 valence electrons. The molecule has 1 N–H and O–H groups in total. The Morgan fingerprint density at radius 1 is 1.06 bits per heavy atom. The molecule has 5 heteroatoms. The van der Waals surface area contributed by atoms with Crippen LogP contribution in [-0.4, -0.2) is 10.1 Å². The molecule has 1 heterocycles. The van der Waals surface area contributed by atoms with Crippen molar-refractivity contribution in [1.82, 2.24) is 4.98 Å². The molecule has 0 aliphatic carbocycles. The van der Waals surface area contributed by atoms with E-state index in [9.17, 15) is 5.11 Å². The van der Waals surface area contributed by atoms with Gasteiger partial charge < -0.3 is 5.11 Å². The van der Waals surface area contributed by atoms with Gasteiger partial charge in [-0.25, -0.2) is 4.98 Å². The molecular weight excluding hydrogens is 280 g/mol. The molecule has 17 heavy (non-hydrogen) atoms. The summed E-state index contributed by atoms with van der Waals surface area (Å²) in [7, 11) is 0. The van der Waals surface area contributed by atoms with Crippen molar-refractivity contribution < 1.29 is 5.11 Å². The van der Waals surface area contributed by atoms with Crippen LogP contribution in [0.5, 0.6) is 0 Å². The van der Waals surface area contributed by atoms with Crippen molar-refractivity contribution in [2.75, 3.05) is 0 Å². The van der Waals surface area contributed by atoms with Crippen molar-refractivity contribution in [1.29, 1.82) is 0 Å². The van der Waals surface area contributed by atoms with Crippen LogP contribution in [0.4, 0.5) is 0 Å². The number of hydrogen-bond acceptors (Lipinski definition) is 2. The summed E-state index contributed by atoms with van der Waals surface area (Å²) in [6.45, 7) is -0.113. The Kier molecular flexibility index (Phi) is 3.89. The van der Waals surface area contributed by atoms with E-state index in [4.69, 9.17) is 34.8 Å². The van der Waals surface area contributed by atoms with E-state index in [0.29, 0.717) is 20.8 Å². The molecule has 0 atom stereocenters. The fourth-order valence-corrected chi connectivity index (χ4v) is 2.00. The third-order valence-corrected chi connectivity index (χ3v) is 3.30. The van der Waals surface area contributed by atoms with E-state index in [1.807, 2.05) is 6.07 Å². The lowest BCUT2D eigenvalue weighted by atomic mass is 10.0. The number of aliphatic hydroxyl groups is 1. The summed E-state index contributed by atoms with van der Waals surface area (Å²) in [5, 5.41) is 10.6. The maximum Gasteiger partial charge on any atom is 0.129 e. The Labute approximate surface area is 114 Å². The highest BCUT2D eigenvalue weighted by Gasteiger charge is 2.08. The Balaban J connectivity index is 2.55. The van der Waals surface area contributed by atoms with Crippen molar-refractivity contribution in [2.24, 2.45) is 0 Å². The van der Waals surface area contributed by atoms with Gasteiger partial charge in [-0.3, -0.25) is 0 Å². The molecule has 2 aromatic rings. The molecule has 0 saturated heterocycles. The van der Waals surface area contributed by atoms with E-state index >= 15 is 0 Å². The predicted molar refractivity (Wildman–Crippen MR) is 70.6 cm³/mol. The summed E-state index contributed by atoms with van der Waals surface area (Å²) < 4.78 is 0. The van der Waals surface area contributed by atoms with Crippen molar-refractivity contribution in [2.45, 2.75) is 6.61 Å². The van der Waals surface area contributed by atoms with Gasteiger partial charge in [-0.2, -0.15) is 0 Å². The smallest absolute Gasteiger partial charge is 0.129 e. The minimum Gasteiger partial charge on any atom is -0.392 e. The van der Waals surface area contributed by atoms with Crippen LogP contribution in [0, 0.1) is 0 Å². The molecule has 2 nitrogen and oxygen atoms in total. The predicted octanol–water partition coefficient (Wildman–Crippen LogP) is 4.20. The first-order valence-electron chi connectivity index (χ1n) is 4.82. The lowest BCUT2D eigenvalue weighted by molar-refractivity contribution is 0.282. The van der Waals surface area contributed by atoms with E-state index in [1.54, 1.807) is 24.4 Å². The van der Waals surface area contributed by atoms with Gasteiger partial charge in [0.25, 0.3) is 0 Å². The number of aromatic nitrogens is 1. The van der Waals surface area contributed by atoms with Gasteiger partial charge in [-0.05, 0) is 29.3 Å². The van der Waals surface area contributed by atoms with E-state index in [0.717, 1.165) is 11.1 Å². The van der Waals surface area contributed by atoms with Crippen LogP contribution in [0.3, 0.4) is 0 Å². The molecule has 0 unspecified atom stereocenters. The standard InChI is InChI=1S/C12H8Cl3NO/c13-10-2-1-7(3-11(10)14)9-5-16-12(15)4-8(9)6-17/h1-5,17H,6H2. The summed E-state index contributed by atoms with van der Waals surface area (Å²) in [5.74, 6) is 0. The van der Waals surface area contributed by atoms with Crippen LogP contribution in [0.25, 0.3) is 11.1 Å². The Morgan fingerprint density at radius 3 is 2.47 bits per heavy atom. The highest BCUT2D eigenvalue weighted by atomic mass is 35.5. The van der Waals surface area contributed by atoms with Gasteiger partial charge in [0.1, 0.15) is 5.15 Å². The van der Waals surface area contributed by atoms with Crippen molar-refractivity contribution in [3.63, 3.8) is 0 Å². The average molecular weight is 289 g/mol. The van der Waals surface area contributed by atoms with Gasteiger partial charge in [0, 0.05) is 11.8 Å². The molecular formula is C12H8Cl3NO. The van der Waals surface area contributed by atoms with Gasteiger partial charge in [-0.1, -0.05) is 40.9 Å². The number of rotatable bonds is 2. The van der Waals surface area contributed by atoms with Crippen LogP contribution in [0.2, 0.25) is 15.2 Å². The molecule has 0 bridgehead atoms. The fourth-order valence-electron chi connectivity index (χ4n) is 1.52. The van der Waals surface area contributed by atoms with E-state index in [1.165, 1.54) is 0 Å². The molecule has 0 amide bonds. The number of nitrogens with zero attached hydrogens (tertiary/aromatic N) is 1. The van der Waals surface area contributed by atoms with E-state index in [2.05, 4.69) is 4.98 Å². The average Bonchev–Trinajstić information content (AvgIpc) is 2.32. The van der Waals surface area contributed by atoms with E-state index in [-0.39, 0.29) is 6.61 Å². The van der Waals surface area contributed by atoms with Crippen LogP contribution >= 0.6 is 34.8 Å². The van der Waals surface area contributed by atoms with Crippen LogP contribution in [-0.2, 0) is 6.61 Å².